The smallest absolute Gasteiger partial charge is 0.339 e. The minimum Gasteiger partial charge on any atom is -0.450 e. The Morgan fingerprint density at radius 2 is 1.87 bits per heavy atom. The third-order valence-corrected chi connectivity index (χ3v) is 6.35. The first-order chi connectivity index (χ1) is 14.7. The number of hydrogen-bond donors (Lipinski definition) is 1. The van der Waals surface area contributed by atoms with Gasteiger partial charge in [0.1, 0.15) is 11.4 Å². The predicted octanol–water partition coefficient (Wildman–Crippen LogP) is 4.74. The van der Waals surface area contributed by atoms with Crippen molar-refractivity contribution in [3.05, 3.63) is 77.7 Å². The molecule has 1 aliphatic carbocycles. The van der Waals surface area contributed by atoms with Crippen molar-refractivity contribution in [3.8, 4) is 11.4 Å². The number of H-pyrrole nitrogens is 1. The summed E-state index contributed by atoms with van der Waals surface area (Å²) in [6, 6.07) is 17.5. The molecule has 1 spiro atoms. The van der Waals surface area contributed by atoms with Crippen molar-refractivity contribution in [1.29, 1.82) is 0 Å². The lowest BCUT2D eigenvalue weighted by Crippen LogP contribution is -2.37. The predicted molar refractivity (Wildman–Crippen MR) is 112 cm³/mol. The lowest BCUT2D eigenvalue weighted by Gasteiger charge is -2.39. The van der Waals surface area contributed by atoms with Crippen molar-refractivity contribution in [2.24, 2.45) is 0 Å². The molecule has 2 aliphatic rings. The molecule has 4 heterocycles. The van der Waals surface area contributed by atoms with E-state index in [2.05, 4.69) is 9.97 Å². The van der Waals surface area contributed by atoms with Gasteiger partial charge >= 0.3 is 5.97 Å². The van der Waals surface area contributed by atoms with Crippen LogP contribution in [0.1, 0.15) is 53.3 Å². The first kappa shape index (κ1) is 17.3. The Morgan fingerprint density at radius 1 is 0.967 bits per heavy atom. The normalized spacial score (nSPS) is 22.9. The Morgan fingerprint density at radius 3 is 2.77 bits per heavy atom. The van der Waals surface area contributed by atoms with Crippen LogP contribution in [0.25, 0.3) is 22.6 Å². The Balaban J connectivity index is 1.45. The number of hydrogen-bond acceptors (Lipinski definition) is 5. The summed E-state index contributed by atoms with van der Waals surface area (Å²) < 4.78 is 6.09. The Bertz CT molecular complexity index is 1270. The largest absolute Gasteiger partial charge is 0.450 e. The number of imidazole rings is 1. The number of ether oxygens (including phenoxy) is 1. The topological polar surface area (TPSA) is 80.8 Å². The molecule has 1 aliphatic heterocycles. The van der Waals surface area contributed by atoms with Crippen LogP contribution < -0.4 is 0 Å². The highest BCUT2D eigenvalue weighted by molar-refractivity contribution is 5.95. The van der Waals surface area contributed by atoms with Crippen LogP contribution in [0.4, 0.5) is 0 Å². The molecule has 0 radical (unpaired) electrons. The fourth-order valence-electron chi connectivity index (χ4n) is 4.98. The number of carbonyl (C=O) groups is 1. The van der Waals surface area contributed by atoms with Gasteiger partial charge < -0.3 is 9.72 Å². The van der Waals surface area contributed by atoms with Gasteiger partial charge in [-0.15, -0.1) is 0 Å². The Labute approximate surface area is 173 Å². The summed E-state index contributed by atoms with van der Waals surface area (Å²) in [5.41, 5.74) is 4.16. The molecule has 1 saturated carbocycles. The number of carbonyl (C=O) groups excluding carboxylic acids is 1. The van der Waals surface area contributed by atoms with E-state index in [-0.39, 0.29) is 11.9 Å². The van der Waals surface area contributed by atoms with Crippen LogP contribution in [0.3, 0.4) is 0 Å². The van der Waals surface area contributed by atoms with Gasteiger partial charge in [0.2, 0.25) is 0 Å². The van der Waals surface area contributed by atoms with Gasteiger partial charge in [0.05, 0.1) is 28.4 Å². The van der Waals surface area contributed by atoms with Crippen molar-refractivity contribution in [2.45, 2.75) is 37.2 Å². The number of rotatable bonds is 2. The van der Waals surface area contributed by atoms with Crippen molar-refractivity contribution in [1.82, 2.24) is 19.9 Å². The fraction of sp³-hybridized carbons (Fsp3) is 0.250. The van der Waals surface area contributed by atoms with E-state index in [0.717, 1.165) is 54.0 Å². The summed E-state index contributed by atoms with van der Waals surface area (Å²) in [6.45, 7) is 0. The van der Waals surface area contributed by atoms with E-state index in [0.29, 0.717) is 11.2 Å². The maximum absolute atomic E-state index is 12.6. The molecule has 6 heteroatoms. The molecule has 0 bridgehead atoms. The third-order valence-electron chi connectivity index (χ3n) is 6.35. The molecule has 0 unspecified atom stereocenters. The second-order valence-electron chi connectivity index (χ2n) is 8.03. The second-order valence-corrected chi connectivity index (χ2v) is 8.03. The number of nitrogens with zero attached hydrogens (tertiary/aromatic N) is 3. The highest BCUT2D eigenvalue weighted by Gasteiger charge is 2.53. The summed E-state index contributed by atoms with van der Waals surface area (Å²) in [5.74, 6) is 0.579. The van der Waals surface area contributed by atoms with Crippen LogP contribution in [0.2, 0.25) is 0 Å². The molecule has 0 amide bonds. The summed E-state index contributed by atoms with van der Waals surface area (Å²) in [4.78, 5) is 30.0. The molecule has 6 nitrogen and oxygen atoms in total. The maximum Gasteiger partial charge on any atom is 0.339 e. The number of aromatic amines is 1. The van der Waals surface area contributed by atoms with Gasteiger partial charge in [0, 0.05) is 11.8 Å². The molecule has 0 saturated heterocycles. The van der Waals surface area contributed by atoms with Gasteiger partial charge in [-0.25, -0.2) is 14.8 Å². The van der Waals surface area contributed by atoms with Crippen LogP contribution in [0.15, 0.2) is 60.8 Å². The lowest BCUT2D eigenvalue weighted by molar-refractivity contribution is -0.0433. The zero-order valence-corrected chi connectivity index (χ0v) is 16.3. The molecule has 3 aromatic heterocycles. The minimum absolute atomic E-state index is 0.0219. The van der Waals surface area contributed by atoms with Crippen LogP contribution in [-0.2, 0) is 10.3 Å². The van der Waals surface area contributed by atoms with Gasteiger partial charge in [0.25, 0.3) is 0 Å². The summed E-state index contributed by atoms with van der Waals surface area (Å²) in [7, 11) is 0. The summed E-state index contributed by atoms with van der Waals surface area (Å²) in [6.07, 6.45) is 5.59. The van der Waals surface area contributed by atoms with E-state index in [1.165, 1.54) is 0 Å². The summed E-state index contributed by atoms with van der Waals surface area (Å²) in [5, 5.41) is 0. The molecule has 1 N–H and O–H groups in total. The van der Waals surface area contributed by atoms with E-state index in [9.17, 15) is 4.79 Å². The van der Waals surface area contributed by atoms with Gasteiger partial charge in [-0.05, 0) is 49.6 Å². The van der Waals surface area contributed by atoms with E-state index < -0.39 is 5.60 Å². The molecular formula is C24H20N4O2. The number of nitrogens with one attached hydrogen (secondary N) is 1. The number of esters is 1. The molecule has 1 fully saturated rings. The molecule has 30 heavy (non-hydrogen) atoms. The van der Waals surface area contributed by atoms with Gasteiger partial charge in [-0.1, -0.05) is 30.7 Å². The van der Waals surface area contributed by atoms with E-state index in [1.807, 2.05) is 54.6 Å². The molecule has 6 rings (SSSR count). The van der Waals surface area contributed by atoms with Crippen LogP contribution in [0, 0.1) is 0 Å². The summed E-state index contributed by atoms with van der Waals surface area (Å²) >= 11 is 0. The maximum atomic E-state index is 12.6. The van der Waals surface area contributed by atoms with Gasteiger partial charge in [-0.2, -0.15) is 0 Å². The zero-order chi connectivity index (χ0) is 20.1. The van der Waals surface area contributed by atoms with Crippen molar-refractivity contribution >= 4 is 17.1 Å². The van der Waals surface area contributed by atoms with E-state index in [1.54, 1.807) is 6.20 Å². The highest BCUT2D eigenvalue weighted by atomic mass is 16.6. The molecule has 1 aromatic carbocycles. The first-order valence-electron chi connectivity index (χ1n) is 10.4. The van der Waals surface area contributed by atoms with Crippen LogP contribution >= 0.6 is 0 Å². The van der Waals surface area contributed by atoms with E-state index >= 15 is 0 Å². The SMILES string of the molecule is O=C1O[C@@]2(CCCC[C@H]2c2nc3nc(-c4ccccn4)ccc3[nH]2)c2ccccc21. The van der Waals surface area contributed by atoms with Crippen molar-refractivity contribution in [2.75, 3.05) is 0 Å². The number of fused-ring (bicyclic) bond motifs is 3. The Kier molecular flexibility index (Phi) is 3.75. The zero-order valence-electron chi connectivity index (χ0n) is 16.3. The average molecular weight is 396 g/mol. The minimum atomic E-state index is -0.649. The number of aromatic nitrogens is 4. The first-order valence-corrected chi connectivity index (χ1v) is 10.4. The molecule has 148 valence electrons. The molecule has 2 atom stereocenters. The molecular weight excluding hydrogens is 376 g/mol. The standard InChI is InChI=1S/C24H20N4O2/c29-23-15-7-1-2-8-16(15)24(30-23)13-5-3-9-17(24)21-27-20-12-11-19(26-22(20)28-21)18-10-4-6-14-25-18/h1-2,4,6-8,10-12,14,17H,3,5,9,13H2,(H,26,27,28)/t17-,24-/m0/s1. The monoisotopic (exact) mass is 396 g/mol. The molecule has 4 aromatic rings. The van der Waals surface area contributed by atoms with Crippen molar-refractivity contribution in [3.63, 3.8) is 0 Å². The fourth-order valence-corrected chi connectivity index (χ4v) is 4.98. The van der Waals surface area contributed by atoms with Crippen LogP contribution in [-0.4, -0.2) is 25.9 Å². The van der Waals surface area contributed by atoms with E-state index in [4.69, 9.17) is 14.7 Å². The van der Waals surface area contributed by atoms with Gasteiger partial charge in [0.15, 0.2) is 5.65 Å². The second kappa shape index (κ2) is 6.49. The highest BCUT2D eigenvalue weighted by Crippen LogP contribution is 2.53. The number of benzene rings is 1. The number of pyridine rings is 2. The average Bonchev–Trinajstić information content (AvgIpc) is 3.34. The van der Waals surface area contributed by atoms with Gasteiger partial charge in [-0.3, -0.25) is 4.98 Å². The third kappa shape index (κ3) is 2.49. The van der Waals surface area contributed by atoms with Crippen molar-refractivity contribution < 1.29 is 9.53 Å². The lowest BCUT2D eigenvalue weighted by atomic mass is 9.71. The van der Waals surface area contributed by atoms with Crippen LogP contribution in [0.5, 0.6) is 0 Å². The Hall–Kier alpha value is -3.54. The quantitative estimate of drug-likeness (QED) is 0.495.